The fraction of sp³-hybridized carbons (Fsp3) is 0.474. The van der Waals surface area contributed by atoms with E-state index in [1.54, 1.807) is 36.1 Å². The Morgan fingerprint density at radius 1 is 1.23 bits per heavy atom. The number of esters is 1. The number of likely N-dealkylation sites (tertiary alicyclic amines) is 1. The molecule has 1 atom stereocenters. The van der Waals surface area contributed by atoms with Gasteiger partial charge in [0.05, 0.1) is 17.9 Å². The first kappa shape index (κ1) is 18.1. The number of benzene rings is 1. The molecular weight excluding hydrogens is 334 g/mol. The number of amides is 1. The summed E-state index contributed by atoms with van der Waals surface area (Å²) < 4.78 is 6.41. The van der Waals surface area contributed by atoms with Crippen molar-refractivity contribution in [3.8, 4) is 0 Å². The number of hydrogen-bond acceptors (Lipinski definition) is 5. The van der Waals surface area contributed by atoms with Crippen LogP contribution < -0.4 is 5.56 Å². The van der Waals surface area contributed by atoms with Gasteiger partial charge in [-0.05, 0) is 32.8 Å². The summed E-state index contributed by atoms with van der Waals surface area (Å²) in [7, 11) is 0. The molecule has 26 heavy (non-hydrogen) atoms. The summed E-state index contributed by atoms with van der Waals surface area (Å²) in [6.07, 6.45) is 1.45. The van der Waals surface area contributed by atoms with E-state index in [0.29, 0.717) is 43.4 Å². The Hall–Kier alpha value is -2.70. The summed E-state index contributed by atoms with van der Waals surface area (Å²) in [4.78, 5) is 39.2. The highest BCUT2D eigenvalue weighted by molar-refractivity contribution is 6.04. The van der Waals surface area contributed by atoms with Gasteiger partial charge in [0.15, 0.2) is 5.69 Å². The van der Waals surface area contributed by atoms with Gasteiger partial charge in [0.2, 0.25) is 0 Å². The van der Waals surface area contributed by atoms with Crippen molar-refractivity contribution in [2.24, 2.45) is 5.92 Å². The maximum atomic E-state index is 13.1. The number of aryl methyl sites for hydroxylation is 1. The standard InChI is InChI=1S/C19H23N3O4/c1-3-22-17(23)15-10-6-5-9-14(15)16(20-22)18(24)21-11-7-8-13(12-21)19(25)26-4-2/h5-6,9-10,13H,3-4,7-8,11-12H2,1-2H3/t13-/m0/s1. The second-order valence-corrected chi connectivity index (χ2v) is 6.36. The Kier molecular flexibility index (Phi) is 5.35. The fourth-order valence-electron chi connectivity index (χ4n) is 3.37. The fourth-order valence-corrected chi connectivity index (χ4v) is 3.37. The molecule has 2 heterocycles. The van der Waals surface area contributed by atoms with E-state index >= 15 is 0 Å². The van der Waals surface area contributed by atoms with Gasteiger partial charge in [-0.3, -0.25) is 14.4 Å². The molecule has 0 saturated carbocycles. The van der Waals surface area contributed by atoms with Gasteiger partial charge in [0.1, 0.15) is 0 Å². The number of carbonyl (C=O) groups excluding carboxylic acids is 2. The molecule has 138 valence electrons. The van der Waals surface area contributed by atoms with Gasteiger partial charge in [-0.2, -0.15) is 5.10 Å². The van der Waals surface area contributed by atoms with Gasteiger partial charge in [-0.25, -0.2) is 4.68 Å². The van der Waals surface area contributed by atoms with Crippen LogP contribution in [0.5, 0.6) is 0 Å². The highest BCUT2D eigenvalue weighted by Crippen LogP contribution is 2.22. The summed E-state index contributed by atoms with van der Waals surface area (Å²) in [5.74, 6) is -0.824. The summed E-state index contributed by atoms with van der Waals surface area (Å²) in [5.41, 5.74) is 0.0502. The third kappa shape index (κ3) is 3.34. The Balaban J connectivity index is 1.96. The van der Waals surface area contributed by atoms with E-state index in [0.717, 1.165) is 6.42 Å². The minimum Gasteiger partial charge on any atom is -0.466 e. The van der Waals surface area contributed by atoms with Crippen LogP contribution in [0.4, 0.5) is 0 Å². The van der Waals surface area contributed by atoms with Crippen LogP contribution in [0.1, 0.15) is 37.2 Å². The summed E-state index contributed by atoms with van der Waals surface area (Å²) in [6, 6.07) is 7.01. The zero-order valence-corrected chi connectivity index (χ0v) is 15.1. The molecule has 1 aromatic heterocycles. The van der Waals surface area contributed by atoms with Crippen molar-refractivity contribution in [1.82, 2.24) is 14.7 Å². The maximum absolute atomic E-state index is 13.1. The number of carbonyl (C=O) groups is 2. The van der Waals surface area contributed by atoms with Crippen LogP contribution in [0.25, 0.3) is 10.8 Å². The molecule has 1 amide bonds. The predicted octanol–water partition coefficient (Wildman–Crippen LogP) is 1.83. The number of piperidine rings is 1. The van der Waals surface area contributed by atoms with Crippen LogP contribution >= 0.6 is 0 Å². The van der Waals surface area contributed by atoms with E-state index in [1.807, 2.05) is 6.92 Å². The third-order valence-electron chi connectivity index (χ3n) is 4.70. The maximum Gasteiger partial charge on any atom is 0.310 e. The molecule has 1 aliphatic rings. The van der Waals surface area contributed by atoms with Gasteiger partial charge in [-0.15, -0.1) is 0 Å². The number of hydrogen-bond donors (Lipinski definition) is 0. The molecule has 3 rings (SSSR count). The van der Waals surface area contributed by atoms with Crippen molar-refractivity contribution in [3.05, 3.63) is 40.3 Å². The topological polar surface area (TPSA) is 81.5 Å². The average molecular weight is 357 g/mol. The van der Waals surface area contributed by atoms with Gasteiger partial charge in [-0.1, -0.05) is 18.2 Å². The molecule has 2 aromatic rings. The van der Waals surface area contributed by atoms with E-state index < -0.39 is 0 Å². The molecular formula is C19H23N3O4. The normalized spacial score (nSPS) is 17.3. The highest BCUT2D eigenvalue weighted by Gasteiger charge is 2.31. The van der Waals surface area contributed by atoms with Crippen LogP contribution in [0.15, 0.2) is 29.1 Å². The Labute approximate surface area is 151 Å². The Morgan fingerprint density at radius 3 is 2.65 bits per heavy atom. The van der Waals surface area contributed by atoms with E-state index in [-0.39, 0.29) is 29.0 Å². The second-order valence-electron chi connectivity index (χ2n) is 6.36. The van der Waals surface area contributed by atoms with Crippen LogP contribution in [-0.4, -0.2) is 46.3 Å². The second kappa shape index (κ2) is 7.68. The molecule has 0 bridgehead atoms. The lowest BCUT2D eigenvalue weighted by Crippen LogP contribution is -2.43. The molecule has 0 radical (unpaired) electrons. The smallest absolute Gasteiger partial charge is 0.310 e. The molecule has 0 aliphatic carbocycles. The third-order valence-corrected chi connectivity index (χ3v) is 4.70. The zero-order chi connectivity index (χ0) is 18.7. The van der Waals surface area contributed by atoms with Crippen molar-refractivity contribution in [2.75, 3.05) is 19.7 Å². The molecule has 0 N–H and O–H groups in total. The summed E-state index contributed by atoms with van der Waals surface area (Å²) in [5, 5.41) is 5.32. The van der Waals surface area contributed by atoms with Crippen molar-refractivity contribution in [3.63, 3.8) is 0 Å². The molecule has 7 nitrogen and oxygen atoms in total. The summed E-state index contributed by atoms with van der Waals surface area (Å²) >= 11 is 0. The lowest BCUT2D eigenvalue weighted by Gasteiger charge is -2.31. The quantitative estimate of drug-likeness (QED) is 0.780. The molecule has 1 aliphatic heterocycles. The number of nitrogens with zero attached hydrogens (tertiary/aromatic N) is 3. The van der Waals surface area contributed by atoms with Crippen LogP contribution in [-0.2, 0) is 16.1 Å². The van der Waals surface area contributed by atoms with Crippen LogP contribution in [0.3, 0.4) is 0 Å². The van der Waals surface area contributed by atoms with Crippen LogP contribution in [0.2, 0.25) is 0 Å². The zero-order valence-electron chi connectivity index (χ0n) is 15.1. The van der Waals surface area contributed by atoms with E-state index in [2.05, 4.69) is 5.10 Å². The Morgan fingerprint density at radius 2 is 1.96 bits per heavy atom. The average Bonchev–Trinajstić information content (AvgIpc) is 2.68. The predicted molar refractivity (Wildman–Crippen MR) is 96.9 cm³/mol. The molecule has 0 unspecified atom stereocenters. The Bertz CT molecular complexity index is 890. The number of aromatic nitrogens is 2. The minimum atomic E-state index is -0.309. The minimum absolute atomic E-state index is 0.206. The SMILES string of the molecule is CCOC(=O)[C@H]1CCCN(C(=O)c2nn(CC)c(=O)c3ccccc23)C1. The lowest BCUT2D eigenvalue weighted by molar-refractivity contribution is -0.149. The van der Waals surface area contributed by atoms with E-state index in [1.165, 1.54) is 4.68 Å². The largest absolute Gasteiger partial charge is 0.466 e. The van der Waals surface area contributed by atoms with E-state index in [4.69, 9.17) is 4.74 Å². The van der Waals surface area contributed by atoms with Crippen LogP contribution in [0, 0.1) is 5.92 Å². The highest BCUT2D eigenvalue weighted by atomic mass is 16.5. The summed E-state index contributed by atoms with van der Waals surface area (Å²) in [6.45, 7) is 5.18. The van der Waals surface area contributed by atoms with Gasteiger partial charge >= 0.3 is 5.97 Å². The first-order valence-corrected chi connectivity index (χ1v) is 9.02. The lowest BCUT2D eigenvalue weighted by atomic mass is 9.97. The monoisotopic (exact) mass is 357 g/mol. The molecule has 1 fully saturated rings. The van der Waals surface area contributed by atoms with Crippen molar-refractivity contribution in [1.29, 1.82) is 0 Å². The number of rotatable bonds is 4. The first-order valence-electron chi connectivity index (χ1n) is 9.02. The van der Waals surface area contributed by atoms with Gasteiger partial charge in [0, 0.05) is 25.0 Å². The van der Waals surface area contributed by atoms with Gasteiger partial charge in [0.25, 0.3) is 11.5 Å². The molecule has 7 heteroatoms. The van der Waals surface area contributed by atoms with Crippen molar-refractivity contribution in [2.45, 2.75) is 33.2 Å². The van der Waals surface area contributed by atoms with E-state index in [9.17, 15) is 14.4 Å². The number of fused-ring (bicyclic) bond motifs is 1. The first-order chi connectivity index (χ1) is 12.6. The van der Waals surface area contributed by atoms with Crippen molar-refractivity contribution >= 4 is 22.6 Å². The number of ether oxygens (including phenoxy) is 1. The molecule has 1 saturated heterocycles. The van der Waals surface area contributed by atoms with Crippen molar-refractivity contribution < 1.29 is 14.3 Å². The molecule has 1 aromatic carbocycles. The molecule has 0 spiro atoms. The van der Waals surface area contributed by atoms with Gasteiger partial charge < -0.3 is 9.64 Å².